The molecule has 1 aromatic heterocycles. The van der Waals surface area contributed by atoms with E-state index in [1.807, 2.05) is 33.2 Å². The van der Waals surface area contributed by atoms with Gasteiger partial charge in [-0.2, -0.15) is 11.3 Å². The number of rotatable bonds is 9. The molecule has 0 bridgehead atoms. The van der Waals surface area contributed by atoms with Crippen LogP contribution in [0.15, 0.2) is 41.1 Å². The summed E-state index contributed by atoms with van der Waals surface area (Å²) < 4.78 is 5.20. The third-order valence-electron chi connectivity index (χ3n) is 4.36. The minimum absolute atomic E-state index is 0.101. The second-order valence-corrected chi connectivity index (χ2v) is 7.54. The summed E-state index contributed by atoms with van der Waals surface area (Å²) in [7, 11) is 5.74. The van der Waals surface area contributed by atoms with Crippen LogP contribution in [0.5, 0.6) is 5.75 Å². The normalized spacial score (nSPS) is 13.3. The number of thiophene rings is 1. The first-order chi connectivity index (χ1) is 12.5. The first-order valence-electron chi connectivity index (χ1n) is 8.82. The van der Waals surface area contributed by atoms with Crippen LogP contribution in [0.2, 0.25) is 0 Å². The molecule has 2 amide bonds. The van der Waals surface area contributed by atoms with Crippen LogP contribution in [0.1, 0.15) is 18.1 Å². The molecule has 2 N–H and O–H groups in total. The largest absolute Gasteiger partial charge is 0.497 e. The highest BCUT2D eigenvalue weighted by Crippen LogP contribution is 2.14. The van der Waals surface area contributed by atoms with Crippen molar-refractivity contribution in [3.05, 3.63) is 52.2 Å². The third-order valence-corrected chi connectivity index (χ3v) is 5.09. The van der Waals surface area contributed by atoms with E-state index in [2.05, 4.69) is 44.5 Å². The number of likely N-dealkylation sites (N-methyl/N-ethyl adjacent to an activating group) is 1. The smallest absolute Gasteiger partial charge is 0.315 e. The molecular weight excluding hydrogens is 346 g/mol. The van der Waals surface area contributed by atoms with Gasteiger partial charge in [-0.3, -0.25) is 0 Å². The number of carbonyl (C=O) groups excluding carboxylic acids is 1. The molecule has 5 nitrogen and oxygen atoms in total. The Morgan fingerprint density at radius 1 is 1.15 bits per heavy atom. The van der Waals surface area contributed by atoms with Crippen molar-refractivity contribution in [1.82, 2.24) is 15.5 Å². The number of methoxy groups -OCH3 is 1. The number of carbonyl (C=O) groups is 1. The summed E-state index contributed by atoms with van der Waals surface area (Å²) in [5, 5.41) is 10.2. The van der Waals surface area contributed by atoms with E-state index in [-0.39, 0.29) is 18.1 Å². The average molecular weight is 376 g/mol. The number of hydrogen-bond donors (Lipinski definition) is 2. The van der Waals surface area contributed by atoms with E-state index in [0.717, 1.165) is 18.6 Å². The van der Waals surface area contributed by atoms with Gasteiger partial charge >= 0.3 is 6.03 Å². The zero-order valence-corrected chi connectivity index (χ0v) is 16.8. The molecule has 142 valence electrons. The van der Waals surface area contributed by atoms with Crippen molar-refractivity contribution < 1.29 is 9.53 Å². The summed E-state index contributed by atoms with van der Waals surface area (Å²) >= 11 is 1.68. The van der Waals surface area contributed by atoms with Crippen molar-refractivity contribution in [3.63, 3.8) is 0 Å². The number of amides is 2. The molecule has 2 atom stereocenters. The molecule has 0 unspecified atom stereocenters. The van der Waals surface area contributed by atoms with Gasteiger partial charge in [-0.15, -0.1) is 0 Å². The van der Waals surface area contributed by atoms with Crippen molar-refractivity contribution in [3.8, 4) is 5.75 Å². The molecule has 2 aromatic rings. The number of nitrogens with one attached hydrogen (secondary N) is 2. The van der Waals surface area contributed by atoms with Gasteiger partial charge in [0, 0.05) is 18.6 Å². The van der Waals surface area contributed by atoms with Crippen LogP contribution in [-0.2, 0) is 12.8 Å². The van der Waals surface area contributed by atoms with Gasteiger partial charge in [0.15, 0.2) is 0 Å². The van der Waals surface area contributed by atoms with Gasteiger partial charge in [-0.05, 0) is 73.9 Å². The zero-order valence-electron chi connectivity index (χ0n) is 16.0. The number of benzene rings is 1. The molecule has 1 heterocycles. The van der Waals surface area contributed by atoms with Gasteiger partial charge in [0.25, 0.3) is 0 Å². The Bertz CT molecular complexity index is 656. The third kappa shape index (κ3) is 6.69. The predicted octanol–water partition coefficient (Wildman–Crippen LogP) is 3.16. The SMILES string of the molecule is COc1ccc(C[C@@H](CNC(=O)N[C@@H](C)Cc2ccsc2)N(C)C)cc1. The molecule has 26 heavy (non-hydrogen) atoms. The fourth-order valence-corrected chi connectivity index (χ4v) is 3.45. The Morgan fingerprint density at radius 3 is 2.46 bits per heavy atom. The highest BCUT2D eigenvalue weighted by molar-refractivity contribution is 7.07. The topological polar surface area (TPSA) is 53.6 Å². The lowest BCUT2D eigenvalue weighted by Gasteiger charge is -2.25. The summed E-state index contributed by atoms with van der Waals surface area (Å²) in [6, 6.07) is 10.4. The molecule has 0 aliphatic rings. The van der Waals surface area contributed by atoms with Gasteiger partial charge in [0.1, 0.15) is 5.75 Å². The fraction of sp³-hybridized carbons (Fsp3) is 0.450. The molecule has 0 fully saturated rings. The lowest BCUT2D eigenvalue weighted by Crippen LogP contribution is -2.47. The highest BCUT2D eigenvalue weighted by Gasteiger charge is 2.15. The van der Waals surface area contributed by atoms with Crippen LogP contribution >= 0.6 is 11.3 Å². The molecule has 0 saturated heterocycles. The van der Waals surface area contributed by atoms with Crippen LogP contribution < -0.4 is 15.4 Å². The molecule has 0 radical (unpaired) electrons. The average Bonchev–Trinajstić information content (AvgIpc) is 3.11. The molecule has 0 saturated carbocycles. The number of hydrogen-bond acceptors (Lipinski definition) is 4. The first kappa shape index (κ1) is 20.3. The molecule has 0 spiro atoms. The Hall–Kier alpha value is -2.05. The van der Waals surface area contributed by atoms with E-state index in [9.17, 15) is 4.79 Å². The number of urea groups is 1. The van der Waals surface area contributed by atoms with Crippen LogP contribution in [0, 0.1) is 0 Å². The lowest BCUT2D eigenvalue weighted by atomic mass is 10.0. The van der Waals surface area contributed by atoms with E-state index in [0.29, 0.717) is 6.54 Å². The van der Waals surface area contributed by atoms with Crippen LogP contribution in [0.25, 0.3) is 0 Å². The Kier molecular flexibility index (Phi) is 7.94. The molecule has 0 aliphatic heterocycles. The molecule has 6 heteroatoms. The quantitative estimate of drug-likeness (QED) is 0.708. The second-order valence-electron chi connectivity index (χ2n) is 6.76. The van der Waals surface area contributed by atoms with Gasteiger partial charge in [0.05, 0.1) is 7.11 Å². The summed E-state index contributed by atoms with van der Waals surface area (Å²) in [5.74, 6) is 0.854. The number of ether oxygens (including phenoxy) is 1. The standard InChI is InChI=1S/C20H29N3O2S/c1-15(11-17-9-10-26-14-17)22-20(24)21-13-18(23(2)3)12-16-5-7-19(25-4)8-6-16/h5-10,14-15,18H,11-13H2,1-4H3,(H2,21,22,24)/t15-,18-/m0/s1. The Balaban J connectivity index is 1.80. The molecule has 0 aliphatic carbocycles. The predicted molar refractivity (Wildman–Crippen MR) is 108 cm³/mol. The maximum absolute atomic E-state index is 12.2. The van der Waals surface area contributed by atoms with Crippen molar-refractivity contribution in [1.29, 1.82) is 0 Å². The van der Waals surface area contributed by atoms with Crippen molar-refractivity contribution in [2.75, 3.05) is 27.7 Å². The maximum Gasteiger partial charge on any atom is 0.315 e. The van der Waals surface area contributed by atoms with Crippen molar-refractivity contribution in [2.45, 2.75) is 31.8 Å². The van der Waals surface area contributed by atoms with Crippen LogP contribution in [-0.4, -0.2) is 50.8 Å². The Morgan fingerprint density at radius 2 is 1.88 bits per heavy atom. The summed E-state index contributed by atoms with van der Waals surface area (Å²) in [4.78, 5) is 14.3. The molecular formula is C20H29N3O2S. The van der Waals surface area contributed by atoms with E-state index < -0.39 is 0 Å². The summed E-state index contributed by atoms with van der Waals surface area (Å²) in [6.45, 7) is 2.62. The van der Waals surface area contributed by atoms with E-state index >= 15 is 0 Å². The Labute approximate surface area is 160 Å². The monoisotopic (exact) mass is 375 g/mol. The van der Waals surface area contributed by atoms with Crippen molar-refractivity contribution >= 4 is 17.4 Å². The fourth-order valence-electron chi connectivity index (χ4n) is 2.77. The second kappa shape index (κ2) is 10.2. The number of nitrogens with zero attached hydrogens (tertiary/aromatic N) is 1. The van der Waals surface area contributed by atoms with Crippen LogP contribution in [0.4, 0.5) is 4.79 Å². The zero-order chi connectivity index (χ0) is 18.9. The minimum Gasteiger partial charge on any atom is -0.497 e. The highest BCUT2D eigenvalue weighted by atomic mass is 32.1. The van der Waals surface area contributed by atoms with E-state index in [4.69, 9.17) is 4.74 Å². The molecule has 1 aromatic carbocycles. The van der Waals surface area contributed by atoms with E-state index in [1.165, 1.54) is 11.1 Å². The van der Waals surface area contributed by atoms with Crippen molar-refractivity contribution in [2.24, 2.45) is 0 Å². The van der Waals surface area contributed by atoms with Crippen LogP contribution in [0.3, 0.4) is 0 Å². The summed E-state index contributed by atoms with van der Waals surface area (Å²) in [5.41, 5.74) is 2.48. The van der Waals surface area contributed by atoms with E-state index in [1.54, 1.807) is 18.4 Å². The van der Waals surface area contributed by atoms with Gasteiger partial charge in [-0.1, -0.05) is 12.1 Å². The lowest BCUT2D eigenvalue weighted by molar-refractivity contribution is 0.229. The molecule has 2 rings (SSSR count). The van der Waals surface area contributed by atoms with Gasteiger partial charge < -0.3 is 20.3 Å². The maximum atomic E-state index is 12.2. The van der Waals surface area contributed by atoms with Gasteiger partial charge in [-0.25, -0.2) is 4.79 Å². The summed E-state index contributed by atoms with van der Waals surface area (Å²) in [6.07, 6.45) is 1.71. The van der Waals surface area contributed by atoms with Gasteiger partial charge in [0.2, 0.25) is 0 Å². The first-order valence-corrected chi connectivity index (χ1v) is 9.77. The minimum atomic E-state index is -0.116.